The van der Waals surface area contributed by atoms with E-state index in [0.29, 0.717) is 44.3 Å². The van der Waals surface area contributed by atoms with Gasteiger partial charge in [0.2, 0.25) is 5.91 Å². The number of H-pyrrole nitrogens is 1. The Morgan fingerprint density at radius 1 is 0.971 bits per heavy atom. The van der Waals surface area contributed by atoms with E-state index >= 15 is 0 Å². The molecule has 0 radical (unpaired) electrons. The van der Waals surface area contributed by atoms with E-state index in [1.165, 1.54) is 0 Å². The maximum absolute atomic E-state index is 13.5. The number of aromatic amines is 1. The third kappa shape index (κ3) is 4.81. The van der Waals surface area contributed by atoms with E-state index in [4.69, 9.17) is 14.2 Å². The minimum absolute atomic E-state index is 0.0386. The zero-order valence-corrected chi connectivity index (χ0v) is 19.9. The van der Waals surface area contributed by atoms with Gasteiger partial charge >= 0.3 is 6.09 Å². The summed E-state index contributed by atoms with van der Waals surface area (Å²) in [5.41, 5.74) is 2.98. The number of rotatable bonds is 7. The summed E-state index contributed by atoms with van der Waals surface area (Å²) in [6.45, 7) is 4.03. The monoisotopic (exact) mass is 465 g/mol. The van der Waals surface area contributed by atoms with E-state index in [-0.39, 0.29) is 24.3 Å². The second-order valence-corrected chi connectivity index (χ2v) is 8.22. The Morgan fingerprint density at radius 2 is 1.71 bits per heavy atom. The number of nitrogens with zero attached hydrogens (tertiary/aromatic N) is 2. The van der Waals surface area contributed by atoms with Crippen LogP contribution in [0.1, 0.15) is 30.4 Å². The van der Waals surface area contributed by atoms with E-state index in [1.54, 1.807) is 26.0 Å². The summed E-state index contributed by atoms with van der Waals surface area (Å²) in [4.78, 5) is 32.3. The van der Waals surface area contributed by atoms with Gasteiger partial charge < -0.3 is 29.0 Å². The molecule has 3 aromatic rings. The first-order valence-electron chi connectivity index (χ1n) is 11.5. The molecule has 1 aliphatic heterocycles. The molecule has 4 rings (SSSR count). The average Bonchev–Trinajstić information content (AvgIpc) is 3.31. The summed E-state index contributed by atoms with van der Waals surface area (Å²) in [6.07, 6.45) is 1.93. The van der Waals surface area contributed by atoms with Crippen LogP contribution in [-0.2, 0) is 9.53 Å². The Morgan fingerprint density at radius 3 is 2.41 bits per heavy atom. The summed E-state index contributed by atoms with van der Waals surface area (Å²) < 4.78 is 16.2. The first kappa shape index (κ1) is 23.5. The lowest BCUT2D eigenvalue weighted by Crippen LogP contribution is -2.50. The molecule has 0 spiro atoms. The van der Waals surface area contributed by atoms with Gasteiger partial charge in [0, 0.05) is 67.2 Å². The number of carbonyl (C=O) groups excluding carboxylic acids is 2. The van der Waals surface area contributed by atoms with Crippen LogP contribution in [0, 0.1) is 0 Å². The zero-order chi connectivity index (χ0) is 24.1. The minimum atomic E-state index is -0.325. The Labute approximate surface area is 199 Å². The number of ether oxygens (including phenoxy) is 3. The largest absolute Gasteiger partial charge is 0.497 e. The molecule has 1 aromatic heterocycles. The highest BCUT2D eigenvalue weighted by atomic mass is 16.6. The maximum atomic E-state index is 13.5. The van der Waals surface area contributed by atoms with Crippen molar-refractivity contribution in [2.24, 2.45) is 0 Å². The molecule has 0 bridgehead atoms. The van der Waals surface area contributed by atoms with Crippen LogP contribution >= 0.6 is 0 Å². The number of fused-ring (bicyclic) bond motifs is 1. The molecule has 1 saturated heterocycles. The molecular formula is C26H31N3O5. The fraction of sp³-hybridized carbons (Fsp3) is 0.385. The van der Waals surface area contributed by atoms with Crippen LogP contribution in [-0.4, -0.2) is 73.8 Å². The molecule has 1 aliphatic rings. The van der Waals surface area contributed by atoms with E-state index in [9.17, 15) is 9.59 Å². The number of hydrogen-bond acceptors (Lipinski definition) is 5. The molecule has 2 heterocycles. The number of benzene rings is 2. The Bertz CT molecular complexity index is 1150. The molecule has 1 N–H and O–H groups in total. The summed E-state index contributed by atoms with van der Waals surface area (Å²) in [6, 6.07) is 13.8. The van der Waals surface area contributed by atoms with Crippen molar-refractivity contribution >= 4 is 22.9 Å². The van der Waals surface area contributed by atoms with E-state index < -0.39 is 0 Å². The van der Waals surface area contributed by atoms with Gasteiger partial charge in [0.15, 0.2) is 0 Å². The van der Waals surface area contributed by atoms with Gasteiger partial charge in [0.05, 0.1) is 20.8 Å². The molecular weight excluding hydrogens is 434 g/mol. The minimum Gasteiger partial charge on any atom is -0.497 e. The van der Waals surface area contributed by atoms with Crippen LogP contribution in [0.5, 0.6) is 11.5 Å². The molecule has 34 heavy (non-hydrogen) atoms. The molecule has 1 fully saturated rings. The third-order valence-corrected chi connectivity index (χ3v) is 6.35. The predicted octanol–water partition coefficient (Wildman–Crippen LogP) is 4.01. The summed E-state index contributed by atoms with van der Waals surface area (Å²) in [5, 5.41) is 1.07. The smallest absolute Gasteiger partial charge is 0.409 e. The number of methoxy groups -OCH3 is 2. The quantitative estimate of drug-likeness (QED) is 0.570. The summed E-state index contributed by atoms with van der Waals surface area (Å²) in [5.74, 6) is 1.19. The van der Waals surface area contributed by atoms with Gasteiger partial charge in [0.25, 0.3) is 0 Å². The van der Waals surface area contributed by atoms with Crippen molar-refractivity contribution in [1.29, 1.82) is 0 Å². The fourth-order valence-corrected chi connectivity index (χ4v) is 4.53. The van der Waals surface area contributed by atoms with Crippen LogP contribution in [0.2, 0.25) is 0 Å². The van der Waals surface area contributed by atoms with Crippen LogP contribution < -0.4 is 9.47 Å². The number of nitrogens with one attached hydrogen (secondary N) is 1. The van der Waals surface area contributed by atoms with Crippen molar-refractivity contribution in [2.45, 2.75) is 19.3 Å². The van der Waals surface area contributed by atoms with Crippen molar-refractivity contribution < 1.29 is 23.8 Å². The maximum Gasteiger partial charge on any atom is 0.409 e. The second kappa shape index (κ2) is 10.5. The Kier molecular flexibility index (Phi) is 7.25. The third-order valence-electron chi connectivity index (χ3n) is 6.35. The van der Waals surface area contributed by atoms with Gasteiger partial charge in [-0.05, 0) is 24.6 Å². The highest BCUT2D eigenvalue weighted by Gasteiger charge is 2.29. The number of amides is 2. The summed E-state index contributed by atoms with van der Waals surface area (Å²) >= 11 is 0. The highest BCUT2D eigenvalue weighted by Crippen LogP contribution is 2.39. The van der Waals surface area contributed by atoms with Crippen molar-refractivity contribution in [3.63, 3.8) is 0 Å². The normalized spacial score (nSPS) is 14.7. The van der Waals surface area contributed by atoms with Gasteiger partial charge in [-0.3, -0.25) is 4.79 Å². The molecule has 2 amide bonds. The number of aromatic nitrogens is 1. The van der Waals surface area contributed by atoms with Crippen molar-refractivity contribution in [2.75, 3.05) is 47.0 Å². The molecule has 0 aliphatic carbocycles. The van der Waals surface area contributed by atoms with E-state index in [1.807, 2.05) is 47.5 Å². The lowest BCUT2D eigenvalue weighted by Gasteiger charge is -2.35. The van der Waals surface area contributed by atoms with Crippen molar-refractivity contribution in [3.8, 4) is 11.5 Å². The topological polar surface area (TPSA) is 84.1 Å². The van der Waals surface area contributed by atoms with Crippen LogP contribution in [0.25, 0.3) is 10.9 Å². The standard InChI is InChI=1S/C26H31N3O5/c1-4-34-26(31)29-13-11-28(12-14-29)25(30)16-21(20-10-9-18(32-2)15-24(20)33-3)22-17-27-23-8-6-5-7-19(22)23/h5-10,15,17,21,27H,4,11-14,16H2,1-3H3. The second-order valence-electron chi connectivity index (χ2n) is 8.22. The molecule has 2 aromatic carbocycles. The molecule has 1 unspecified atom stereocenters. The van der Waals surface area contributed by atoms with Gasteiger partial charge in [-0.1, -0.05) is 24.3 Å². The molecule has 180 valence electrons. The number of piperazine rings is 1. The molecule has 8 nitrogen and oxygen atoms in total. The molecule has 8 heteroatoms. The van der Waals surface area contributed by atoms with Crippen LogP contribution in [0.3, 0.4) is 0 Å². The van der Waals surface area contributed by atoms with Gasteiger partial charge in [-0.2, -0.15) is 0 Å². The first-order valence-corrected chi connectivity index (χ1v) is 11.5. The molecule has 1 atom stereocenters. The van der Waals surface area contributed by atoms with Crippen molar-refractivity contribution in [3.05, 3.63) is 59.8 Å². The Balaban J connectivity index is 1.61. The zero-order valence-electron chi connectivity index (χ0n) is 19.9. The number of carbonyl (C=O) groups is 2. The van der Waals surface area contributed by atoms with Gasteiger partial charge in [-0.15, -0.1) is 0 Å². The lowest BCUT2D eigenvalue weighted by molar-refractivity contribution is -0.133. The van der Waals surface area contributed by atoms with Crippen LogP contribution in [0.4, 0.5) is 4.79 Å². The fourth-order valence-electron chi connectivity index (χ4n) is 4.53. The van der Waals surface area contributed by atoms with Crippen molar-refractivity contribution in [1.82, 2.24) is 14.8 Å². The Hall–Kier alpha value is -3.68. The van der Waals surface area contributed by atoms with E-state index in [0.717, 1.165) is 22.0 Å². The van der Waals surface area contributed by atoms with Gasteiger partial charge in [0.1, 0.15) is 11.5 Å². The predicted molar refractivity (Wildman–Crippen MR) is 129 cm³/mol. The highest BCUT2D eigenvalue weighted by molar-refractivity contribution is 5.86. The van der Waals surface area contributed by atoms with E-state index in [2.05, 4.69) is 11.1 Å². The average molecular weight is 466 g/mol. The molecule has 0 saturated carbocycles. The first-order chi connectivity index (χ1) is 16.5. The lowest BCUT2D eigenvalue weighted by atomic mass is 9.87. The SMILES string of the molecule is CCOC(=O)N1CCN(C(=O)CC(c2ccc(OC)cc2OC)c2c[nH]c3ccccc23)CC1. The number of hydrogen-bond donors (Lipinski definition) is 1. The van der Waals surface area contributed by atoms with Crippen LogP contribution in [0.15, 0.2) is 48.7 Å². The summed E-state index contributed by atoms with van der Waals surface area (Å²) in [7, 11) is 3.24. The number of para-hydroxylation sites is 1. The van der Waals surface area contributed by atoms with Gasteiger partial charge in [-0.25, -0.2) is 4.79 Å².